The minimum atomic E-state index is -0.887. The second-order valence-electron chi connectivity index (χ2n) is 7.38. The van der Waals surface area contributed by atoms with Gasteiger partial charge >= 0.3 is 11.9 Å². The molecule has 1 aliphatic rings. The first kappa shape index (κ1) is 22.3. The standard InChI is InChI=1S/C21H35NO4/c1-4-5-6-7-8-12-18(20(23)24)15-19(21(25)26)13-14-22-16(2)10-9-11-17(22)3/h10-11,18-19H,4-9,12-15H2,1-3H3,(H,23,24)(H,25,26). The van der Waals surface area contributed by atoms with Gasteiger partial charge < -0.3 is 15.1 Å². The van der Waals surface area contributed by atoms with Crippen LogP contribution in [0.4, 0.5) is 0 Å². The Morgan fingerprint density at radius 1 is 0.962 bits per heavy atom. The lowest BCUT2D eigenvalue weighted by Crippen LogP contribution is -2.29. The quantitative estimate of drug-likeness (QED) is 0.447. The second-order valence-corrected chi connectivity index (χ2v) is 7.38. The summed E-state index contributed by atoms with van der Waals surface area (Å²) in [6.07, 6.45) is 11.8. The van der Waals surface area contributed by atoms with Crippen LogP contribution in [0.1, 0.15) is 78.6 Å². The van der Waals surface area contributed by atoms with Crippen molar-refractivity contribution in [2.24, 2.45) is 11.8 Å². The lowest BCUT2D eigenvalue weighted by molar-refractivity contribution is -0.146. The molecule has 1 rings (SSSR count). The molecule has 2 atom stereocenters. The van der Waals surface area contributed by atoms with E-state index in [0.717, 1.165) is 43.5 Å². The fourth-order valence-corrected chi connectivity index (χ4v) is 3.56. The topological polar surface area (TPSA) is 77.8 Å². The van der Waals surface area contributed by atoms with Crippen LogP contribution >= 0.6 is 0 Å². The Hall–Kier alpha value is -1.78. The highest BCUT2D eigenvalue weighted by atomic mass is 16.4. The number of nitrogens with zero attached hydrogens (tertiary/aromatic N) is 1. The first-order valence-corrected chi connectivity index (χ1v) is 9.93. The molecule has 0 aromatic heterocycles. The average Bonchev–Trinajstić information content (AvgIpc) is 2.57. The zero-order chi connectivity index (χ0) is 19.5. The van der Waals surface area contributed by atoms with Gasteiger partial charge in [-0.15, -0.1) is 0 Å². The Labute approximate surface area is 157 Å². The molecule has 0 fully saturated rings. The molecule has 0 aromatic rings. The predicted molar refractivity (Wildman–Crippen MR) is 104 cm³/mol. The predicted octanol–water partition coefficient (Wildman–Crippen LogP) is 5.04. The molecule has 0 bridgehead atoms. The van der Waals surface area contributed by atoms with E-state index < -0.39 is 23.8 Å². The molecule has 2 unspecified atom stereocenters. The molecule has 1 heterocycles. The summed E-state index contributed by atoms with van der Waals surface area (Å²) < 4.78 is 0. The van der Waals surface area contributed by atoms with Crippen molar-refractivity contribution in [1.82, 2.24) is 4.90 Å². The van der Waals surface area contributed by atoms with E-state index >= 15 is 0 Å². The van der Waals surface area contributed by atoms with Crippen LogP contribution in [0.15, 0.2) is 23.5 Å². The van der Waals surface area contributed by atoms with Gasteiger partial charge in [0.15, 0.2) is 0 Å². The van der Waals surface area contributed by atoms with Gasteiger partial charge in [-0.2, -0.15) is 0 Å². The molecule has 0 radical (unpaired) electrons. The number of carboxylic acid groups (broad SMARTS) is 2. The highest BCUT2D eigenvalue weighted by Gasteiger charge is 2.27. The molecule has 26 heavy (non-hydrogen) atoms. The molecular weight excluding hydrogens is 330 g/mol. The van der Waals surface area contributed by atoms with Crippen LogP contribution in [0, 0.1) is 11.8 Å². The van der Waals surface area contributed by atoms with Crippen LogP contribution in [0.25, 0.3) is 0 Å². The maximum absolute atomic E-state index is 11.7. The summed E-state index contributed by atoms with van der Waals surface area (Å²) in [4.78, 5) is 25.4. The normalized spacial score (nSPS) is 16.7. The van der Waals surface area contributed by atoms with Crippen molar-refractivity contribution in [3.63, 3.8) is 0 Å². The van der Waals surface area contributed by atoms with Gasteiger partial charge in [-0.25, -0.2) is 0 Å². The fraction of sp³-hybridized carbons (Fsp3) is 0.714. The van der Waals surface area contributed by atoms with Crippen molar-refractivity contribution in [2.75, 3.05) is 6.54 Å². The van der Waals surface area contributed by atoms with Crippen molar-refractivity contribution < 1.29 is 19.8 Å². The van der Waals surface area contributed by atoms with E-state index in [1.807, 2.05) is 13.8 Å². The highest BCUT2D eigenvalue weighted by molar-refractivity contribution is 5.73. The first-order valence-electron chi connectivity index (χ1n) is 9.93. The molecular formula is C21H35NO4. The number of carboxylic acids is 2. The Morgan fingerprint density at radius 3 is 2.04 bits per heavy atom. The zero-order valence-electron chi connectivity index (χ0n) is 16.5. The van der Waals surface area contributed by atoms with Crippen molar-refractivity contribution >= 4 is 11.9 Å². The second kappa shape index (κ2) is 11.8. The van der Waals surface area contributed by atoms with Gasteiger partial charge in [0.25, 0.3) is 0 Å². The minimum absolute atomic E-state index is 0.220. The summed E-state index contributed by atoms with van der Waals surface area (Å²) >= 11 is 0. The van der Waals surface area contributed by atoms with Crippen molar-refractivity contribution in [2.45, 2.75) is 78.6 Å². The van der Waals surface area contributed by atoms with Gasteiger partial charge in [-0.1, -0.05) is 51.2 Å². The number of carbonyl (C=O) groups is 2. The lowest BCUT2D eigenvalue weighted by atomic mass is 9.88. The number of rotatable bonds is 13. The molecule has 0 aromatic carbocycles. The van der Waals surface area contributed by atoms with E-state index in [1.165, 1.54) is 6.42 Å². The van der Waals surface area contributed by atoms with Crippen LogP contribution in [0.3, 0.4) is 0 Å². The third-order valence-electron chi connectivity index (χ3n) is 5.30. The minimum Gasteiger partial charge on any atom is -0.481 e. The van der Waals surface area contributed by atoms with E-state index in [4.69, 9.17) is 0 Å². The monoisotopic (exact) mass is 365 g/mol. The number of allylic oxidation sites excluding steroid dienone is 4. The first-order chi connectivity index (χ1) is 12.4. The molecule has 0 aliphatic carbocycles. The van der Waals surface area contributed by atoms with E-state index in [2.05, 4.69) is 24.0 Å². The number of aliphatic carboxylic acids is 2. The molecule has 1 aliphatic heterocycles. The SMILES string of the molecule is CCCCCCCC(CC(CCN1C(C)=CCC=C1C)C(=O)O)C(=O)O. The maximum Gasteiger partial charge on any atom is 0.306 e. The van der Waals surface area contributed by atoms with Gasteiger partial charge in [-0.05, 0) is 39.5 Å². The number of hydrogen-bond donors (Lipinski definition) is 2. The molecule has 0 saturated carbocycles. The molecule has 0 spiro atoms. The Balaban J connectivity index is 2.56. The number of hydrogen-bond acceptors (Lipinski definition) is 3. The summed E-state index contributed by atoms with van der Waals surface area (Å²) in [5, 5.41) is 19.1. The summed E-state index contributed by atoms with van der Waals surface area (Å²) in [7, 11) is 0. The smallest absolute Gasteiger partial charge is 0.306 e. The van der Waals surface area contributed by atoms with Gasteiger partial charge in [0, 0.05) is 17.9 Å². The van der Waals surface area contributed by atoms with Crippen LogP contribution in [-0.2, 0) is 9.59 Å². The highest BCUT2D eigenvalue weighted by Crippen LogP contribution is 2.25. The largest absolute Gasteiger partial charge is 0.481 e. The Kier molecular flexibility index (Phi) is 10.1. The van der Waals surface area contributed by atoms with Crippen LogP contribution in [0.2, 0.25) is 0 Å². The summed E-state index contributed by atoms with van der Waals surface area (Å²) in [5.41, 5.74) is 2.28. The van der Waals surface area contributed by atoms with E-state index in [0.29, 0.717) is 19.4 Å². The summed E-state index contributed by atoms with van der Waals surface area (Å²) in [5.74, 6) is -2.93. The third-order valence-corrected chi connectivity index (χ3v) is 5.30. The van der Waals surface area contributed by atoms with Gasteiger partial charge in [0.1, 0.15) is 0 Å². The Morgan fingerprint density at radius 2 is 1.50 bits per heavy atom. The molecule has 5 heteroatoms. The molecule has 0 amide bonds. The average molecular weight is 366 g/mol. The number of unbranched alkanes of at least 4 members (excludes halogenated alkanes) is 4. The van der Waals surface area contributed by atoms with E-state index in [1.54, 1.807) is 0 Å². The molecule has 148 valence electrons. The third kappa shape index (κ3) is 7.63. The van der Waals surface area contributed by atoms with Crippen molar-refractivity contribution in [1.29, 1.82) is 0 Å². The Bertz CT molecular complexity index is 506. The van der Waals surface area contributed by atoms with Crippen LogP contribution in [0.5, 0.6) is 0 Å². The van der Waals surface area contributed by atoms with Gasteiger partial charge in [0.2, 0.25) is 0 Å². The van der Waals surface area contributed by atoms with E-state index in [9.17, 15) is 19.8 Å². The summed E-state index contributed by atoms with van der Waals surface area (Å²) in [6.45, 7) is 6.82. The van der Waals surface area contributed by atoms with Crippen LogP contribution in [-0.4, -0.2) is 33.6 Å². The zero-order valence-corrected chi connectivity index (χ0v) is 16.5. The lowest BCUT2D eigenvalue weighted by Gasteiger charge is -2.30. The molecule has 5 nitrogen and oxygen atoms in total. The van der Waals surface area contributed by atoms with Crippen molar-refractivity contribution in [3.8, 4) is 0 Å². The van der Waals surface area contributed by atoms with Crippen LogP contribution < -0.4 is 0 Å². The summed E-state index contributed by atoms with van der Waals surface area (Å²) in [6, 6.07) is 0. The van der Waals surface area contributed by atoms with E-state index in [-0.39, 0.29) is 6.42 Å². The molecule has 0 saturated heterocycles. The van der Waals surface area contributed by atoms with Gasteiger partial charge in [0.05, 0.1) is 11.8 Å². The molecule has 2 N–H and O–H groups in total. The van der Waals surface area contributed by atoms with Crippen molar-refractivity contribution in [3.05, 3.63) is 23.5 Å². The van der Waals surface area contributed by atoms with Gasteiger partial charge in [-0.3, -0.25) is 9.59 Å². The fourth-order valence-electron chi connectivity index (χ4n) is 3.56. The maximum atomic E-state index is 11.7.